The molecule has 8 atom stereocenters. The number of nitrogens with one attached hydrogen (secondary N) is 1. The molecule has 1 unspecified atom stereocenters. The van der Waals surface area contributed by atoms with Crippen LogP contribution in [0.4, 0.5) is 0 Å². The Kier molecular flexibility index (Phi) is 5.44. The van der Waals surface area contributed by atoms with Gasteiger partial charge in [-0.2, -0.15) is 0 Å². The molecule has 158 valence electrons. The van der Waals surface area contributed by atoms with Gasteiger partial charge in [-0.15, -0.1) is 0 Å². The van der Waals surface area contributed by atoms with Crippen molar-refractivity contribution in [2.24, 2.45) is 40.4 Å². The van der Waals surface area contributed by atoms with Gasteiger partial charge in [0.15, 0.2) is 0 Å². The van der Waals surface area contributed by atoms with E-state index in [9.17, 15) is 9.90 Å². The van der Waals surface area contributed by atoms with Crippen LogP contribution in [0.25, 0.3) is 0 Å². The molecule has 0 aromatic heterocycles. The molecule has 0 radical (unpaired) electrons. The number of carbonyl (C=O) groups excluding carboxylic acids is 1. The number of carbonyl (C=O) groups is 1. The molecular formula is C25H41NO2. The lowest BCUT2D eigenvalue weighted by atomic mass is 9.47. The van der Waals surface area contributed by atoms with Crippen LogP contribution in [0.2, 0.25) is 0 Å². The molecule has 3 nitrogen and oxygen atoms in total. The van der Waals surface area contributed by atoms with Crippen LogP contribution >= 0.6 is 0 Å². The molecule has 0 bridgehead atoms. The van der Waals surface area contributed by atoms with E-state index in [2.05, 4.69) is 32.2 Å². The smallest absolute Gasteiger partial charge is 0.219 e. The van der Waals surface area contributed by atoms with Gasteiger partial charge >= 0.3 is 0 Å². The number of rotatable bonds is 4. The molecule has 0 spiro atoms. The number of aliphatic hydroxyl groups excluding tert-OH is 1. The molecule has 2 N–H and O–H groups in total. The minimum absolute atomic E-state index is 0.109. The standard InChI is InChI=1S/C25H41NO2/c1-16(5-10-23(28)26-4)20-8-9-21-19-7-6-17-15-18(27)11-13-24(17,2)22(19)12-14-25(20,21)3/h6,16,18-22,27H,5,7-15H2,1-4H3,(H,26,28)/t16?,18-,19-,20+,21-,22-,24-,25+/m0/s1. The molecule has 1 amide bonds. The average Bonchev–Trinajstić information content (AvgIpc) is 3.03. The first kappa shape index (κ1) is 20.4. The summed E-state index contributed by atoms with van der Waals surface area (Å²) in [6.45, 7) is 7.51. The molecule has 3 fully saturated rings. The lowest BCUT2D eigenvalue weighted by molar-refractivity contribution is -0.121. The number of aliphatic hydroxyl groups is 1. The third kappa shape index (κ3) is 3.16. The van der Waals surface area contributed by atoms with Crippen LogP contribution in [0, 0.1) is 40.4 Å². The summed E-state index contributed by atoms with van der Waals surface area (Å²) in [6.07, 6.45) is 13.9. The first-order chi connectivity index (χ1) is 13.3. The minimum Gasteiger partial charge on any atom is -0.393 e. The third-order valence-electron chi connectivity index (χ3n) is 9.94. The normalized spacial score (nSPS) is 46.0. The summed E-state index contributed by atoms with van der Waals surface area (Å²) in [6, 6.07) is 0. The highest BCUT2D eigenvalue weighted by Gasteiger charge is 2.59. The topological polar surface area (TPSA) is 49.3 Å². The van der Waals surface area contributed by atoms with E-state index < -0.39 is 0 Å². The fourth-order valence-corrected chi connectivity index (χ4v) is 8.30. The summed E-state index contributed by atoms with van der Waals surface area (Å²) in [5, 5.41) is 13.0. The van der Waals surface area contributed by atoms with Gasteiger partial charge in [0.1, 0.15) is 0 Å². The number of allylic oxidation sites excluding steroid dienone is 1. The van der Waals surface area contributed by atoms with Crippen LogP contribution in [0.3, 0.4) is 0 Å². The highest BCUT2D eigenvalue weighted by atomic mass is 16.3. The van der Waals surface area contributed by atoms with Crippen LogP contribution in [0.15, 0.2) is 11.6 Å². The Bertz CT molecular complexity index is 642. The van der Waals surface area contributed by atoms with Crippen molar-refractivity contribution in [3.8, 4) is 0 Å². The lowest BCUT2D eigenvalue weighted by Gasteiger charge is -2.58. The van der Waals surface area contributed by atoms with Crippen molar-refractivity contribution >= 4 is 5.91 Å². The molecule has 0 saturated heterocycles. The van der Waals surface area contributed by atoms with Gasteiger partial charge in [0.2, 0.25) is 5.91 Å². The zero-order valence-electron chi connectivity index (χ0n) is 18.5. The molecule has 0 aliphatic heterocycles. The number of amides is 1. The summed E-state index contributed by atoms with van der Waals surface area (Å²) < 4.78 is 0. The molecule has 4 aliphatic rings. The Morgan fingerprint density at radius 1 is 1.21 bits per heavy atom. The van der Waals surface area contributed by atoms with E-state index in [1.807, 2.05) is 0 Å². The molecule has 0 aromatic carbocycles. The molecule has 3 heteroatoms. The van der Waals surface area contributed by atoms with Crippen LogP contribution in [0.5, 0.6) is 0 Å². The van der Waals surface area contributed by atoms with Crippen LogP contribution in [0.1, 0.15) is 85.0 Å². The number of hydrogen-bond acceptors (Lipinski definition) is 2. The monoisotopic (exact) mass is 387 g/mol. The molecular weight excluding hydrogens is 346 g/mol. The molecule has 28 heavy (non-hydrogen) atoms. The van der Waals surface area contributed by atoms with E-state index in [0.29, 0.717) is 23.2 Å². The maximum atomic E-state index is 11.7. The Labute approximate surface area is 171 Å². The zero-order chi connectivity index (χ0) is 20.1. The second-order valence-corrected chi connectivity index (χ2v) is 11.1. The molecule has 4 aliphatic carbocycles. The van der Waals surface area contributed by atoms with E-state index in [1.54, 1.807) is 12.6 Å². The Morgan fingerprint density at radius 2 is 2.00 bits per heavy atom. The van der Waals surface area contributed by atoms with Gasteiger partial charge in [-0.3, -0.25) is 4.79 Å². The Balaban J connectivity index is 1.51. The second kappa shape index (κ2) is 7.45. The van der Waals surface area contributed by atoms with Crippen LogP contribution in [-0.2, 0) is 4.79 Å². The van der Waals surface area contributed by atoms with E-state index >= 15 is 0 Å². The summed E-state index contributed by atoms with van der Waals surface area (Å²) in [5.74, 6) is 4.10. The second-order valence-electron chi connectivity index (χ2n) is 11.1. The fourth-order valence-electron chi connectivity index (χ4n) is 8.30. The first-order valence-corrected chi connectivity index (χ1v) is 11.9. The van der Waals surface area contributed by atoms with Gasteiger partial charge in [0, 0.05) is 13.5 Å². The summed E-state index contributed by atoms with van der Waals surface area (Å²) in [4.78, 5) is 11.7. The summed E-state index contributed by atoms with van der Waals surface area (Å²) in [7, 11) is 1.75. The highest BCUT2D eigenvalue weighted by Crippen LogP contribution is 2.67. The third-order valence-corrected chi connectivity index (χ3v) is 9.94. The van der Waals surface area contributed by atoms with E-state index in [1.165, 1.54) is 38.5 Å². The van der Waals surface area contributed by atoms with Gasteiger partial charge in [-0.1, -0.05) is 32.4 Å². The maximum absolute atomic E-state index is 11.7. The predicted molar refractivity (Wildman–Crippen MR) is 114 cm³/mol. The van der Waals surface area contributed by atoms with E-state index in [0.717, 1.165) is 42.9 Å². The fraction of sp³-hybridized carbons (Fsp3) is 0.880. The minimum atomic E-state index is -0.109. The van der Waals surface area contributed by atoms with E-state index in [4.69, 9.17) is 0 Å². The summed E-state index contributed by atoms with van der Waals surface area (Å²) >= 11 is 0. The van der Waals surface area contributed by atoms with Gasteiger partial charge in [0.05, 0.1) is 6.10 Å². The van der Waals surface area contributed by atoms with Gasteiger partial charge < -0.3 is 10.4 Å². The highest BCUT2D eigenvalue weighted by molar-refractivity contribution is 5.75. The molecule has 4 rings (SSSR count). The molecule has 0 heterocycles. The molecule has 3 saturated carbocycles. The predicted octanol–water partition coefficient (Wildman–Crippen LogP) is 5.09. The number of hydrogen-bond donors (Lipinski definition) is 2. The largest absolute Gasteiger partial charge is 0.393 e. The SMILES string of the molecule is CNC(=O)CCC(C)[C@H]1CC[C@H]2[C@@H]3CC=C4C[C@@H](O)CC[C@]4(C)[C@H]3CC[C@]12C. The lowest BCUT2D eigenvalue weighted by Crippen LogP contribution is -2.50. The first-order valence-electron chi connectivity index (χ1n) is 11.9. The van der Waals surface area contributed by atoms with E-state index in [-0.39, 0.29) is 12.0 Å². The van der Waals surface area contributed by atoms with Crippen molar-refractivity contribution in [1.82, 2.24) is 5.32 Å². The van der Waals surface area contributed by atoms with Crippen molar-refractivity contribution in [3.63, 3.8) is 0 Å². The quantitative estimate of drug-likeness (QED) is 0.660. The maximum Gasteiger partial charge on any atom is 0.219 e. The average molecular weight is 388 g/mol. The van der Waals surface area contributed by atoms with Crippen LogP contribution < -0.4 is 5.32 Å². The molecule has 0 aromatic rings. The summed E-state index contributed by atoms with van der Waals surface area (Å²) in [5.41, 5.74) is 2.37. The van der Waals surface area contributed by atoms with Crippen molar-refractivity contribution in [2.45, 2.75) is 91.1 Å². The van der Waals surface area contributed by atoms with Crippen molar-refractivity contribution < 1.29 is 9.90 Å². The van der Waals surface area contributed by atoms with Crippen LogP contribution in [-0.4, -0.2) is 24.2 Å². The van der Waals surface area contributed by atoms with Crippen molar-refractivity contribution in [3.05, 3.63) is 11.6 Å². The zero-order valence-corrected chi connectivity index (χ0v) is 18.5. The van der Waals surface area contributed by atoms with Gasteiger partial charge in [0.25, 0.3) is 0 Å². The Morgan fingerprint density at radius 3 is 2.75 bits per heavy atom. The van der Waals surface area contributed by atoms with Gasteiger partial charge in [-0.25, -0.2) is 0 Å². The Hall–Kier alpha value is -0.830. The van der Waals surface area contributed by atoms with Crippen molar-refractivity contribution in [2.75, 3.05) is 7.05 Å². The number of fused-ring (bicyclic) bond motifs is 5. The van der Waals surface area contributed by atoms with Gasteiger partial charge in [-0.05, 0) is 98.2 Å². The van der Waals surface area contributed by atoms with Crippen molar-refractivity contribution in [1.29, 1.82) is 0 Å².